The van der Waals surface area contributed by atoms with E-state index in [0.717, 1.165) is 3.79 Å². The van der Waals surface area contributed by atoms with Gasteiger partial charge in [0.2, 0.25) is 5.95 Å². The first-order valence-corrected chi connectivity index (χ1v) is 6.82. The molecule has 3 N–H and O–H groups in total. The summed E-state index contributed by atoms with van der Waals surface area (Å²) in [6.07, 6.45) is 0. The molecular formula is C9H8Br2N4S. The van der Waals surface area contributed by atoms with Crippen LogP contribution in [0.3, 0.4) is 0 Å². The molecule has 84 valence electrons. The van der Waals surface area contributed by atoms with Gasteiger partial charge < -0.3 is 11.1 Å². The lowest BCUT2D eigenvalue weighted by molar-refractivity contribution is 1.06. The van der Waals surface area contributed by atoms with E-state index >= 15 is 0 Å². The molecular weight excluding hydrogens is 356 g/mol. The van der Waals surface area contributed by atoms with Crippen LogP contribution in [0.2, 0.25) is 0 Å². The molecule has 0 unspecified atom stereocenters. The van der Waals surface area contributed by atoms with Gasteiger partial charge in [0.25, 0.3) is 0 Å². The highest BCUT2D eigenvalue weighted by atomic mass is 79.9. The fraction of sp³-hybridized carbons (Fsp3) is 0.111. The van der Waals surface area contributed by atoms with Crippen molar-refractivity contribution in [1.29, 1.82) is 0 Å². The lowest BCUT2D eigenvalue weighted by Crippen LogP contribution is -2.04. The number of anilines is 2. The van der Waals surface area contributed by atoms with Crippen LogP contribution in [-0.4, -0.2) is 9.97 Å². The number of nitrogen functional groups attached to an aromatic ring is 1. The zero-order valence-electron chi connectivity index (χ0n) is 8.08. The SMILES string of the molecule is Nc1cc(Br)nc(NCc2ccc(Br)s2)n1. The van der Waals surface area contributed by atoms with Crippen molar-refractivity contribution in [2.45, 2.75) is 6.54 Å². The van der Waals surface area contributed by atoms with Crippen molar-refractivity contribution in [3.05, 3.63) is 31.5 Å². The summed E-state index contributed by atoms with van der Waals surface area (Å²) in [5.41, 5.74) is 5.61. The number of thiophene rings is 1. The van der Waals surface area contributed by atoms with Crippen molar-refractivity contribution in [3.63, 3.8) is 0 Å². The smallest absolute Gasteiger partial charge is 0.226 e. The summed E-state index contributed by atoms with van der Waals surface area (Å²) in [6.45, 7) is 0.687. The highest BCUT2D eigenvalue weighted by molar-refractivity contribution is 9.11. The van der Waals surface area contributed by atoms with E-state index in [1.165, 1.54) is 4.88 Å². The third-order valence-corrected chi connectivity index (χ3v) is 3.79. The lowest BCUT2D eigenvalue weighted by atomic mass is 10.5. The maximum absolute atomic E-state index is 5.61. The van der Waals surface area contributed by atoms with Gasteiger partial charge in [-0.25, -0.2) is 4.98 Å². The van der Waals surface area contributed by atoms with Crippen LogP contribution in [-0.2, 0) is 6.54 Å². The molecule has 0 aromatic carbocycles. The van der Waals surface area contributed by atoms with Gasteiger partial charge in [-0.2, -0.15) is 4.98 Å². The fourth-order valence-electron chi connectivity index (χ4n) is 1.13. The Labute approximate surface area is 114 Å². The zero-order chi connectivity index (χ0) is 11.5. The number of nitrogens with zero attached hydrogens (tertiary/aromatic N) is 2. The molecule has 2 aromatic heterocycles. The Bertz CT molecular complexity index is 480. The molecule has 0 aliphatic rings. The van der Waals surface area contributed by atoms with Crippen LogP contribution in [0.15, 0.2) is 26.6 Å². The highest BCUT2D eigenvalue weighted by Gasteiger charge is 2.02. The molecule has 2 aromatic rings. The summed E-state index contributed by atoms with van der Waals surface area (Å²) < 4.78 is 1.79. The van der Waals surface area contributed by atoms with Gasteiger partial charge in [-0.1, -0.05) is 0 Å². The van der Waals surface area contributed by atoms with Gasteiger partial charge in [0, 0.05) is 10.9 Å². The Morgan fingerprint density at radius 2 is 2.12 bits per heavy atom. The van der Waals surface area contributed by atoms with Crippen molar-refractivity contribution >= 4 is 55.0 Å². The summed E-state index contributed by atoms with van der Waals surface area (Å²) in [5.74, 6) is 0.966. The summed E-state index contributed by atoms with van der Waals surface area (Å²) in [5, 5.41) is 3.11. The van der Waals surface area contributed by atoms with Crippen LogP contribution < -0.4 is 11.1 Å². The first-order chi connectivity index (χ1) is 7.63. The van der Waals surface area contributed by atoms with Crippen LogP contribution in [0.5, 0.6) is 0 Å². The average Bonchev–Trinajstić information content (AvgIpc) is 2.60. The molecule has 0 radical (unpaired) electrons. The Balaban J connectivity index is 2.04. The van der Waals surface area contributed by atoms with Gasteiger partial charge >= 0.3 is 0 Å². The van der Waals surface area contributed by atoms with Crippen LogP contribution in [0.25, 0.3) is 0 Å². The largest absolute Gasteiger partial charge is 0.383 e. The Morgan fingerprint density at radius 1 is 1.31 bits per heavy atom. The van der Waals surface area contributed by atoms with E-state index in [-0.39, 0.29) is 0 Å². The van der Waals surface area contributed by atoms with E-state index in [1.807, 2.05) is 12.1 Å². The molecule has 0 aliphatic heterocycles. The molecule has 0 bridgehead atoms. The molecule has 0 saturated carbocycles. The van der Waals surface area contributed by atoms with Crippen molar-refractivity contribution in [2.75, 3.05) is 11.1 Å². The maximum Gasteiger partial charge on any atom is 0.226 e. The molecule has 0 amide bonds. The highest BCUT2D eigenvalue weighted by Crippen LogP contribution is 2.22. The number of nitrogens with two attached hydrogens (primary N) is 1. The first kappa shape index (κ1) is 11.8. The molecule has 0 atom stereocenters. The topological polar surface area (TPSA) is 63.8 Å². The Kier molecular flexibility index (Phi) is 3.78. The molecule has 7 heteroatoms. The average molecular weight is 364 g/mol. The van der Waals surface area contributed by atoms with Crippen molar-refractivity contribution in [1.82, 2.24) is 9.97 Å². The van der Waals surface area contributed by atoms with Crippen LogP contribution in [0.4, 0.5) is 11.8 Å². The zero-order valence-corrected chi connectivity index (χ0v) is 12.1. The first-order valence-electron chi connectivity index (χ1n) is 4.41. The molecule has 16 heavy (non-hydrogen) atoms. The lowest BCUT2D eigenvalue weighted by Gasteiger charge is -2.04. The molecule has 4 nitrogen and oxygen atoms in total. The van der Waals surface area contributed by atoms with Gasteiger partial charge in [-0.05, 0) is 44.0 Å². The number of hydrogen-bond donors (Lipinski definition) is 2. The second-order valence-corrected chi connectivity index (χ2v) is 6.36. The van der Waals surface area contributed by atoms with E-state index in [2.05, 4.69) is 47.1 Å². The normalized spacial score (nSPS) is 10.4. The number of aromatic nitrogens is 2. The van der Waals surface area contributed by atoms with Crippen LogP contribution in [0.1, 0.15) is 4.88 Å². The maximum atomic E-state index is 5.61. The van der Waals surface area contributed by atoms with Crippen molar-refractivity contribution in [2.24, 2.45) is 0 Å². The van der Waals surface area contributed by atoms with Gasteiger partial charge in [0.05, 0.1) is 10.3 Å². The predicted molar refractivity (Wildman–Crippen MR) is 73.5 cm³/mol. The molecule has 2 heterocycles. The van der Waals surface area contributed by atoms with Gasteiger partial charge in [0.1, 0.15) is 10.4 Å². The van der Waals surface area contributed by atoms with Crippen LogP contribution >= 0.6 is 43.2 Å². The monoisotopic (exact) mass is 362 g/mol. The molecule has 0 aliphatic carbocycles. The van der Waals surface area contributed by atoms with Crippen molar-refractivity contribution in [3.8, 4) is 0 Å². The second-order valence-electron chi connectivity index (χ2n) is 3.00. The molecule has 0 saturated heterocycles. The van der Waals surface area contributed by atoms with E-state index in [1.54, 1.807) is 17.4 Å². The van der Waals surface area contributed by atoms with Gasteiger partial charge in [-0.15, -0.1) is 11.3 Å². The van der Waals surface area contributed by atoms with Crippen molar-refractivity contribution < 1.29 is 0 Å². The summed E-state index contributed by atoms with van der Waals surface area (Å²) in [7, 11) is 0. The van der Waals surface area contributed by atoms with E-state index in [4.69, 9.17) is 5.73 Å². The number of nitrogens with one attached hydrogen (secondary N) is 1. The van der Waals surface area contributed by atoms with Crippen LogP contribution in [0, 0.1) is 0 Å². The third-order valence-electron chi connectivity index (χ3n) is 1.76. The Morgan fingerprint density at radius 3 is 2.75 bits per heavy atom. The number of hydrogen-bond acceptors (Lipinski definition) is 5. The third kappa shape index (κ3) is 3.16. The molecule has 0 fully saturated rings. The molecule has 2 rings (SSSR count). The Hall–Kier alpha value is -0.660. The summed E-state index contributed by atoms with van der Waals surface area (Å²) in [6, 6.07) is 5.72. The minimum Gasteiger partial charge on any atom is -0.383 e. The fourth-order valence-corrected chi connectivity index (χ4v) is 2.95. The number of rotatable bonds is 3. The standard InChI is InChI=1S/C9H8Br2N4S/c10-6-3-8(12)15-9(14-6)13-4-5-1-2-7(11)16-5/h1-3H,4H2,(H3,12,13,14,15). The van der Waals surface area contributed by atoms with Gasteiger partial charge in [0.15, 0.2) is 0 Å². The second kappa shape index (κ2) is 5.11. The van der Waals surface area contributed by atoms with E-state index in [0.29, 0.717) is 22.9 Å². The summed E-state index contributed by atoms with van der Waals surface area (Å²) >= 11 is 8.35. The minimum absolute atomic E-state index is 0.441. The number of halogens is 2. The molecule has 0 spiro atoms. The van der Waals surface area contributed by atoms with E-state index in [9.17, 15) is 0 Å². The van der Waals surface area contributed by atoms with E-state index < -0.39 is 0 Å². The predicted octanol–water partition coefficient (Wildman–Crippen LogP) is 3.26. The summed E-state index contributed by atoms with van der Waals surface area (Å²) in [4.78, 5) is 9.44. The van der Waals surface area contributed by atoms with Gasteiger partial charge in [-0.3, -0.25) is 0 Å². The minimum atomic E-state index is 0.441. The quantitative estimate of drug-likeness (QED) is 0.821.